The zero-order valence-electron chi connectivity index (χ0n) is 23.2. The first-order valence-corrected chi connectivity index (χ1v) is 15.4. The summed E-state index contributed by atoms with van der Waals surface area (Å²) in [5, 5.41) is 4.21. The first-order chi connectivity index (χ1) is 19.5. The summed E-state index contributed by atoms with van der Waals surface area (Å²) in [4.78, 5) is 20.2. The second-order valence-corrected chi connectivity index (χ2v) is 11.6. The maximum Gasteiger partial charge on any atom is 0.340 e. The highest BCUT2D eigenvalue weighted by molar-refractivity contribution is 7.26. The fourth-order valence-electron chi connectivity index (χ4n) is 5.75. The lowest BCUT2D eigenvalue weighted by Crippen LogP contribution is -2.30. The van der Waals surface area contributed by atoms with Crippen molar-refractivity contribution >= 4 is 49.7 Å². The zero-order valence-corrected chi connectivity index (χ0v) is 24.8. The monoisotopic (exact) mass is 568 g/mol. The lowest BCUT2D eigenvalue weighted by Gasteiger charge is -2.32. The number of ether oxygens (including phenoxy) is 1. The lowest BCUT2D eigenvalue weighted by atomic mass is 9.79. The molecule has 8 heteroatoms. The van der Waals surface area contributed by atoms with Crippen molar-refractivity contribution in [3.8, 4) is 10.4 Å². The highest BCUT2D eigenvalue weighted by Crippen LogP contribution is 2.49. The number of anilines is 2. The first kappa shape index (κ1) is 26.5. The quantitative estimate of drug-likeness (QED) is 0.171. The summed E-state index contributed by atoms with van der Waals surface area (Å²) in [6.07, 6.45) is 0. The molecule has 1 aliphatic rings. The fraction of sp³-hybridized carbons (Fsp3) is 0.281. The van der Waals surface area contributed by atoms with Crippen LogP contribution >= 0.6 is 22.9 Å². The van der Waals surface area contributed by atoms with Crippen molar-refractivity contribution in [1.29, 1.82) is 0 Å². The zero-order chi connectivity index (χ0) is 27.9. The fourth-order valence-corrected chi connectivity index (χ4v) is 7.49. The summed E-state index contributed by atoms with van der Waals surface area (Å²) in [7, 11) is 0. The van der Waals surface area contributed by atoms with Gasteiger partial charge in [-0.2, -0.15) is 0 Å². The van der Waals surface area contributed by atoms with Gasteiger partial charge in [-0.25, -0.2) is 4.79 Å². The van der Waals surface area contributed by atoms with Crippen molar-refractivity contribution in [2.24, 2.45) is 0 Å². The molecule has 3 aromatic carbocycles. The van der Waals surface area contributed by atoms with E-state index in [-0.39, 0.29) is 5.97 Å². The van der Waals surface area contributed by atoms with Gasteiger partial charge < -0.3 is 14.5 Å². The first-order valence-electron chi connectivity index (χ1n) is 13.8. The maximum absolute atomic E-state index is 13.6. The average Bonchev–Trinajstić information content (AvgIpc) is 3.68. The lowest BCUT2D eigenvalue weighted by molar-refractivity contribution is 0.0251. The van der Waals surface area contributed by atoms with E-state index in [1.807, 2.05) is 6.07 Å². The summed E-state index contributed by atoms with van der Waals surface area (Å²) >= 11 is 2.98. The van der Waals surface area contributed by atoms with Crippen molar-refractivity contribution < 1.29 is 9.53 Å². The number of cyclic esters (lactones) is 1. The number of fused-ring (bicyclic) bond motifs is 2. The van der Waals surface area contributed by atoms with Gasteiger partial charge in [-0.05, 0) is 81.2 Å². The van der Waals surface area contributed by atoms with Gasteiger partial charge in [-0.15, -0.1) is 16.4 Å². The van der Waals surface area contributed by atoms with Gasteiger partial charge in [0.25, 0.3) is 0 Å². The topological polar surface area (TPSA) is 58.6 Å². The predicted octanol–water partition coefficient (Wildman–Crippen LogP) is 7.57. The summed E-state index contributed by atoms with van der Waals surface area (Å²) in [5.41, 5.74) is 5.59. The molecule has 6 rings (SSSR count). The molecule has 40 heavy (non-hydrogen) atoms. The highest BCUT2D eigenvalue weighted by Gasteiger charge is 2.48. The third-order valence-electron chi connectivity index (χ3n) is 7.90. The predicted molar refractivity (Wildman–Crippen MR) is 166 cm³/mol. The largest absolute Gasteiger partial charge is 0.441 e. The van der Waals surface area contributed by atoms with Gasteiger partial charge in [0.2, 0.25) is 0 Å². The van der Waals surface area contributed by atoms with E-state index in [1.54, 1.807) is 11.3 Å². The summed E-state index contributed by atoms with van der Waals surface area (Å²) in [5.74, 6) is -0.310. The van der Waals surface area contributed by atoms with Gasteiger partial charge in [-0.1, -0.05) is 40.9 Å². The molecule has 2 aromatic heterocycles. The summed E-state index contributed by atoms with van der Waals surface area (Å²) in [6.45, 7) is 12.4. The number of nitrogens with zero attached hydrogens (tertiary/aromatic N) is 4. The van der Waals surface area contributed by atoms with E-state index in [0.29, 0.717) is 5.56 Å². The summed E-state index contributed by atoms with van der Waals surface area (Å²) in [6, 6.07) is 25.2. The molecule has 0 saturated carbocycles. The van der Waals surface area contributed by atoms with Crippen molar-refractivity contribution in [2.75, 3.05) is 36.0 Å². The molecule has 0 unspecified atom stereocenters. The molecule has 5 aromatic rings. The number of thiophene rings is 1. The Hall–Kier alpha value is -3.75. The van der Waals surface area contributed by atoms with Crippen LogP contribution in [0.4, 0.5) is 11.4 Å². The van der Waals surface area contributed by atoms with Crippen LogP contribution in [0, 0.1) is 0 Å². The molecule has 0 fully saturated rings. The van der Waals surface area contributed by atoms with Gasteiger partial charge in [0.15, 0.2) is 10.4 Å². The second kappa shape index (κ2) is 10.7. The number of hydrogen-bond acceptors (Lipinski definition) is 8. The number of carbonyl (C=O) groups is 1. The molecule has 1 aliphatic heterocycles. The minimum atomic E-state index is -1.03. The van der Waals surface area contributed by atoms with Gasteiger partial charge in [0.05, 0.1) is 10.3 Å². The van der Waals surface area contributed by atoms with E-state index >= 15 is 0 Å². The van der Waals surface area contributed by atoms with Gasteiger partial charge in [-0.3, -0.25) is 0 Å². The van der Waals surface area contributed by atoms with Crippen molar-refractivity contribution in [1.82, 2.24) is 9.59 Å². The van der Waals surface area contributed by atoms with Crippen molar-refractivity contribution in [2.45, 2.75) is 33.3 Å². The standard InChI is InChI=1S/C32H32N4O2S2/c1-5-35(6-2)24-14-10-22(11-15-24)32(23-12-16-25(17-13-23)36(7-3)8-4)27-18-9-21(19-26(27)31(37)38-32)28-20-29-30(39-28)33-34-40-29/h9-20H,5-8H2,1-4H3. The summed E-state index contributed by atoms with van der Waals surface area (Å²) < 4.78 is 11.5. The molecule has 0 N–H and O–H groups in total. The number of aromatic nitrogens is 2. The minimum absolute atomic E-state index is 0.310. The van der Waals surface area contributed by atoms with E-state index in [4.69, 9.17) is 4.74 Å². The van der Waals surface area contributed by atoms with E-state index in [0.717, 1.165) is 74.2 Å². The Kier molecular flexibility index (Phi) is 7.06. The van der Waals surface area contributed by atoms with Crippen LogP contribution in [-0.4, -0.2) is 41.7 Å². The molecule has 204 valence electrons. The Bertz CT molecular complexity index is 1560. The van der Waals surface area contributed by atoms with Gasteiger partial charge >= 0.3 is 5.97 Å². The number of esters is 1. The molecule has 0 radical (unpaired) electrons. The van der Waals surface area contributed by atoms with E-state index < -0.39 is 5.60 Å². The molecule has 0 spiro atoms. The maximum atomic E-state index is 13.6. The molecule has 6 nitrogen and oxygen atoms in total. The van der Waals surface area contributed by atoms with Crippen LogP contribution in [0.25, 0.3) is 20.0 Å². The number of rotatable bonds is 9. The number of benzene rings is 3. The smallest absolute Gasteiger partial charge is 0.340 e. The van der Waals surface area contributed by atoms with Crippen LogP contribution < -0.4 is 9.80 Å². The Morgan fingerprint density at radius 2 is 1.35 bits per heavy atom. The molecule has 0 amide bonds. The molecule has 0 aliphatic carbocycles. The molecule has 0 bridgehead atoms. The third kappa shape index (κ3) is 4.26. The van der Waals surface area contributed by atoms with E-state index in [2.05, 4.69) is 114 Å². The SMILES string of the molecule is CCN(CC)c1ccc(C2(c3ccc(N(CC)CC)cc3)OC(=O)c3cc(-c4cc5snnc5s4)ccc32)cc1. The molecule has 3 heterocycles. The van der Waals surface area contributed by atoms with Crippen LogP contribution in [0.3, 0.4) is 0 Å². The van der Waals surface area contributed by atoms with Crippen LogP contribution in [0.15, 0.2) is 72.8 Å². The molecular formula is C32H32N4O2S2. The van der Waals surface area contributed by atoms with Gasteiger partial charge in [0, 0.05) is 59.1 Å². The Balaban J connectivity index is 1.49. The normalized spacial score (nSPS) is 13.8. The van der Waals surface area contributed by atoms with Gasteiger partial charge in [0.1, 0.15) is 0 Å². The molecule has 0 atom stereocenters. The van der Waals surface area contributed by atoms with E-state index in [1.165, 1.54) is 11.5 Å². The van der Waals surface area contributed by atoms with Crippen LogP contribution in [0.2, 0.25) is 0 Å². The van der Waals surface area contributed by atoms with Crippen molar-refractivity contribution in [3.05, 3.63) is 95.1 Å². The van der Waals surface area contributed by atoms with Crippen LogP contribution in [0.1, 0.15) is 54.7 Å². The van der Waals surface area contributed by atoms with Crippen LogP contribution in [0.5, 0.6) is 0 Å². The number of hydrogen-bond donors (Lipinski definition) is 0. The minimum Gasteiger partial charge on any atom is -0.441 e. The Morgan fingerprint density at radius 3 is 1.88 bits per heavy atom. The average molecular weight is 569 g/mol. The van der Waals surface area contributed by atoms with E-state index in [9.17, 15) is 4.79 Å². The Labute approximate surface area is 243 Å². The highest BCUT2D eigenvalue weighted by atomic mass is 32.1. The van der Waals surface area contributed by atoms with Crippen molar-refractivity contribution in [3.63, 3.8) is 0 Å². The molecular weight excluding hydrogens is 537 g/mol. The second-order valence-electron chi connectivity index (χ2n) is 9.82. The molecule has 0 saturated heterocycles. The third-order valence-corrected chi connectivity index (χ3v) is 9.77. The van der Waals surface area contributed by atoms with Crippen LogP contribution in [-0.2, 0) is 10.3 Å². The Morgan fingerprint density at radius 1 is 0.775 bits per heavy atom. The number of carbonyl (C=O) groups excluding carboxylic acids is 1.